The van der Waals surface area contributed by atoms with E-state index in [1.165, 1.54) is 17.7 Å². The van der Waals surface area contributed by atoms with Crippen molar-refractivity contribution in [3.63, 3.8) is 0 Å². The maximum atomic E-state index is 12.3. The lowest BCUT2D eigenvalue weighted by Crippen LogP contribution is -2.27. The Labute approximate surface area is 161 Å². The van der Waals surface area contributed by atoms with Crippen molar-refractivity contribution in [1.82, 2.24) is 4.72 Å². The summed E-state index contributed by atoms with van der Waals surface area (Å²) in [5, 5.41) is 2.77. The van der Waals surface area contributed by atoms with Crippen LogP contribution in [0.15, 0.2) is 53.4 Å². The largest absolute Gasteiger partial charge is 0.494 e. The predicted octanol–water partition coefficient (Wildman–Crippen LogP) is 3.34. The molecule has 0 aliphatic rings. The van der Waals surface area contributed by atoms with E-state index in [4.69, 9.17) is 4.74 Å². The van der Waals surface area contributed by atoms with Gasteiger partial charge in [-0.15, -0.1) is 0 Å². The summed E-state index contributed by atoms with van der Waals surface area (Å²) in [5.41, 5.74) is 1.92. The van der Waals surface area contributed by atoms with E-state index >= 15 is 0 Å². The molecule has 0 aliphatic carbocycles. The van der Waals surface area contributed by atoms with Gasteiger partial charge < -0.3 is 10.1 Å². The SMILES string of the molecule is CCCc1ccc(NC(=O)CCNS(=O)(=O)c2ccc(OCC)cc2)cc1. The van der Waals surface area contributed by atoms with Gasteiger partial charge in [-0.25, -0.2) is 13.1 Å². The summed E-state index contributed by atoms with van der Waals surface area (Å²) in [4.78, 5) is 12.1. The zero-order valence-electron chi connectivity index (χ0n) is 15.7. The van der Waals surface area contributed by atoms with Gasteiger partial charge in [0.25, 0.3) is 0 Å². The fourth-order valence-corrected chi connectivity index (χ4v) is 3.56. The van der Waals surface area contributed by atoms with Crippen LogP contribution in [0, 0.1) is 0 Å². The number of ether oxygens (including phenoxy) is 1. The van der Waals surface area contributed by atoms with Gasteiger partial charge in [0.1, 0.15) is 5.75 Å². The van der Waals surface area contributed by atoms with Crippen LogP contribution in [0.4, 0.5) is 5.69 Å². The molecule has 0 saturated heterocycles. The first-order valence-corrected chi connectivity index (χ1v) is 10.5. The minimum atomic E-state index is -3.66. The molecule has 0 spiro atoms. The normalized spacial score (nSPS) is 11.2. The lowest BCUT2D eigenvalue weighted by molar-refractivity contribution is -0.116. The molecule has 0 fully saturated rings. The summed E-state index contributed by atoms with van der Waals surface area (Å²) < 4.78 is 32.2. The number of amides is 1. The predicted molar refractivity (Wildman–Crippen MR) is 106 cm³/mol. The highest BCUT2D eigenvalue weighted by Gasteiger charge is 2.14. The Morgan fingerprint density at radius 3 is 2.26 bits per heavy atom. The number of aryl methyl sites for hydroxylation is 1. The highest BCUT2D eigenvalue weighted by Crippen LogP contribution is 2.16. The van der Waals surface area contributed by atoms with Gasteiger partial charge in [0.05, 0.1) is 11.5 Å². The minimum absolute atomic E-state index is 0.0231. The van der Waals surface area contributed by atoms with Crippen molar-refractivity contribution in [2.24, 2.45) is 0 Å². The van der Waals surface area contributed by atoms with Crippen molar-refractivity contribution >= 4 is 21.6 Å². The number of hydrogen-bond donors (Lipinski definition) is 2. The van der Waals surface area contributed by atoms with Crippen molar-refractivity contribution in [1.29, 1.82) is 0 Å². The number of hydrogen-bond acceptors (Lipinski definition) is 4. The van der Waals surface area contributed by atoms with Gasteiger partial charge in [-0.1, -0.05) is 25.5 Å². The third-order valence-corrected chi connectivity index (χ3v) is 5.34. The van der Waals surface area contributed by atoms with Crippen LogP contribution in [0.25, 0.3) is 0 Å². The van der Waals surface area contributed by atoms with Crippen molar-refractivity contribution in [2.45, 2.75) is 38.0 Å². The Bertz CT molecular complexity index is 831. The quantitative estimate of drug-likeness (QED) is 0.652. The second-order valence-electron chi connectivity index (χ2n) is 6.05. The van der Waals surface area contributed by atoms with Crippen LogP contribution >= 0.6 is 0 Å². The molecule has 2 aromatic rings. The van der Waals surface area contributed by atoms with E-state index in [2.05, 4.69) is 17.0 Å². The molecule has 146 valence electrons. The highest BCUT2D eigenvalue weighted by atomic mass is 32.2. The average Bonchev–Trinajstić information content (AvgIpc) is 2.64. The number of carbonyl (C=O) groups excluding carboxylic acids is 1. The van der Waals surface area contributed by atoms with E-state index < -0.39 is 10.0 Å². The topological polar surface area (TPSA) is 84.5 Å². The lowest BCUT2D eigenvalue weighted by atomic mass is 10.1. The first-order chi connectivity index (χ1) is 12.9. The van der Waals surface area contributed by atoms with Gasteiger partial charge in [0, 0.05) is 18.7 Å². The van der Waals surface area contributed by atoms with E-state index in [1.807, 2.05) is 31.2 Å². The molecular weight excluding hydrogens is 364 g/mol. The minimum Gasteiger partial charge on any atom is -0.494 e. The lowest BCUT2D eigenvalue weighted by Gasteiger charge is -2.09. The Morgan fingerprint density at radius 2 is 1.67 bits per heavy atom. The molecule has 0 aromatic heterocycles. The number of anilines is 1. The van der Waals surface area contributed by atoms with E-state index in [9.17, 15) is 13.2 Å². The molecule has 2 N–H and O–H groups in total. The van der Waals surface area contributed by atoms with Gasteiger partial charge in [0.15, 0.2) is 0 Å². The smallest absolute Gasteiger partial charge is 0.240 e. The highest BCUT2D eigenvalue weighted by molar-refractivity contribution is 7.89. The molecule has 0 heterocycles. The molecule has 7 heteroatoms. The second kappa shape index (κ2) is 10.1. The van der Waals surface area contributed by atoms with Gasteiger partial charge in [0.2, 0.25) is 15.9 Å². The molecule has 2 aromatic carbocycles. The van der Waals surface area contributed by atoms with Crippen LogP contribution in [0.5, 0.6) is 5.75 Å². The Hall–Kier alpha value is -2.38. The summed E-state index contributed by atoms with van der Waals surface area (Å²) in [6.45, 7) is 4.51. The summed E-state index contributed by atoms with van der Waals surface area (Å²) in [6.07, 6.45) is 2.12. The van der Waals surface area contributed by atoms with Crippen molar-refractivity contribution in [2.75, 3.05) is 18.5 Å². The number of carbonyl (C=O) groups is 1. The molecule has 1 amide bonds. The van der Waals surface area contributed by atoms with E-state index in [0.717, 1.165) is 12.8 Å². The first-order valence-electron chi connectivity index (χ1n) is 9.06. The maximum Gasteiger partial charge on any atom is 0.240 e. The number of nitrogens with one attached hydrogen (secondary N) is 2. The van der Waals surface area contributed by atoms with E-state index in [-0.39, 0.29) is 23.8 Å². The van der Waals surface area contributed by atoms with Gasteiger partial charge >= 0.3 is 0 Å². The molecule has 27 heavy (non-hydrogen) atoms. The first kappa shape index (κ1) is 20.9. The second-order valence-corrected chi connectivity index (χ2v) is 7.81. The number of sulfonamides is 1. The van der Waals surface area contributed by atoms with Crippen LogP contribution < -0.4 is 14.8 Å². The van der Waals surface area contributed by atoms with Crippen LogP contribution in [0.3, 0.4) is 0 Å². The summed E-state index contributed by atoms with van der Waals surface area (Å²) in [7, 11) is -3.66. The molecule has 6 nitrogen and oxygen atoms in total. The molecule has 0 unspecified atom stereocenters. The molecule has 2 rings (SSSR count). The number of rotatable bonds is 10. The Balaban J connectivity index is 1.82. The van der Waals surface area contributed by atoms with Gasteiger partial charge in [-0.3, -0.25) is 4.79 Å². The van der Waals surface area contributed by atoms with E-state index in [0.29, 0.717) is 18.0 Å². The standard InChI is InChI=1S/C20H26N2O4S/c1-3-5-16-6-8-17(9-7-16)22-20(23)14-15-21-27(24,25)19-12-10-18(11-13-19)26-4-2/h6-13,21H,3-5,14-15H2,1-2H3,(H,22,23). The maximum absolute atomic E-state index is 12.3. The van der Waals surface area contributed by atoms with Gasteiger partial charge in [-0.2, -0.15) is 0 Å². The Kier molecular flexibility index (Phi) is 7.82. The van der Waals surface area contributed by atoms with Crippen LogP contribution in [0.1, 0.15) is 32.3 Å². The van der Waals surface area contributed by atoms with Crippen LogP contribution in [0.2, 0.25) is 0 Å². The summed E-state index contributed by atoms with van der Waals surface area (Å²) >= 11 is 0. The van der Waals surface area contributed by atoms with Crippen LogP contribution in [-0.2, 0) is 21.2 Å². The third-order valence-electron chi connectivity index (χ3n) is 3.87. The zero-order valence-corrected chi connectivity index (χ0v) is 16.5. The molecular formula is C20H26N2O4S. The van der Waals surface area contributed by atoms with Crippen LogP contribution in [-0.4, -0.2) is 27.5 Å². The third kappa shape index (κ3) is 6.69. The van der Waals surface area contributed by atoms with E-state index in [1.54, 1.807) is 12.1 Å². The monoisotopic (exact) mass is 390 g/mol. The molecule has 0 radical (unpaired) electrons. The van der Waals surface area contributed by atoms with Crippen molar-refractivity contribution in [3.8, 4) is 5.75 Å². The Morgan fingerprint density at radius 1 is 1.00 bits per heavy atom. The molecule has 0 aliphatic heterocycles. The summed E-state index contributed by atoms with van der Waals surface area (Å²) in [5.74, 6) is 0.369. The summed E-state index contributed by atoms with van der Waals surface area (Å²) in [6, 6.07) is 13.8. The molecule has 0 atom stereocenters. The number of benzene rings is 2. The molecule has 0 saturated carbocycles. The zero-order chi connectivity index (χ0) is 19.7. The van der Waals surface area contributed by atoms with Crippen molar-refractivity contribution in [3.05, 3.63) is 54.1 Å². The average molecular weight is 391 g/mol. The van der Waals surface area contributed by atoms with Gasteiger partial charge in [-0.05, 0) is 55.3 Å². The fraction of sp³-hybridized carbons (Fsp3) is 0.350. The molecule has 0 bridgehead atoms. The fourth-order valence-electron chi connectivity index (χ4n) is 2.53. The van der Waals surface area contributed by atoms with Crippen molar-refractivity contribution < 1.29 is 17.9 Å².